The Labute approximate surface area is 184 Å². The van der Waals surface area contributed by atoms with E-state index in [2.05, 4.69) is 0 Å². The summed E-state index contributed by atoms with van der Waals surface area (Å²) in [5.74, 6) is -0.789. The molecular weight excluding hydrogens is 388 g/mol. The third kappa shape index (κ3) is 6.44. The van der Waals surface area contributed by atoms with Crippen LogP contribution in [0.4, 0.5) is 11.4 Å². The number of carboxylic acid groups (broad SMARTS) is 1. The van der Waals surface area contributed by atoms with Crippen molar-refractivity contribution in [2.75, 3.05) is 38.0 Å². The van der Waals surface area contributed by atoms with E-state index in [0.29, 0.717) is 5.56 Å². The zero-order chi connectivity index (χ0) is 23.0. The lowest BCUT2D eigenvalue weighted by Crippen LogP contribution is -2.10. The maximum atomic E-state index is 12.1. The lowest BCUT2D eigenvalue weighted by molar-refractivity contribution is 0.0695. The number of anilines is 2. The van der Waals surface area contributed by atoms with Crippen molar-refractivity contribution in [3.63, 3.8) is 0 Å². The molecule has 3 aromatic carbocycles. The first-order chi connectivity index (χ1) is 14.7. The molecule has 0 aromatic heterocycles. The lowest BCUT2D eigenvalue weighted by atomic mass is 10.0. The number of aryl methyl sites for hydroxylation is 1. The number of hydrogen-bond acceptors (Lipinski definition) is 4. The third-order valence-electron chi connectivity index (χ3n) is 4.90. The zero-order valence-corrected chi connectivity index (χ0v) is 18.8. The van der Waals surface area contributed by atoms with Gasteiger partial charge in [0.05, 0.1) is 5.56 Å². The molecule has 31 heavy (non-hydrogen) atoms. The summed E-state index contributed by atoms with van der Waals surface area (Å²) >= 11 is 0. The van der Waals surface area contributed by atoms with Gasteiger partial charge in [0.15, 0.2) is 5.78 Å². The van der Waals surface area contributed by atoms with Crippen LogP contribution in [0.15, 0.2) is 72.8 Å². The minimum absolute atomic E-state index is 0.0657. The summed E-state index contributed by atoms with van der Waals surface area (Å²) in [6.07, 6.45) is 0.739. The van der Waals surface area contributed by atoms with Crippen LogP contribution in [0.3, 0.4) is 0 Å². The van der Waals surface area contributed by atoms with Crippen molar-refractivity contribution >= 4 is 23.1 Å². The second kappa shape index (κ2) is 11.0. The van der Waals surface area contributed by atoms with Gasteiger partial charge in [-0.1, -0.05) is 37.3 Å². The van der Waals surface area contributed by atoms with Gasteiger partial charge < -0.3 is 14.9 Å². The van der Waals surface area contributed by atoms with Crippen LogP contribution in [-0.4, -0.2) is 45.0 Å². The predicted molar refractivity (Wildman–Crippen MR) is 128 cm³/mol. The van der Waals surface area contributed by atoms with Crippen molar-refractivity contribution in [1.29, 1.82) is 0 Å². The summed E-state index contributed by atoms with van der Waals surface area (Å²) in [7, 11) is 7.84. The number of benzene rings is 3. The smallest absolute Gasteiger partial charge is 0.335 e. The van der Waals surface area contributed by atoms with Gasteiger partial charge in [0.2, 0.25) is 0 Å². The highest BCUT2D eigenvalue weighted by Gasteiger charge is 2.10. The first-order valence-corrected chi connectivity index (χ1v) is 10.1. The minimum atomic E-state index is -0.854. The van der Waals surface area contributed by atoms with E-state index in [4.69, 9.17) is 5.11 Å². The molecular formula is C26H30N2O3. The highest BCUT2D eigenvalue weighted by molar-refractivity contribution is 6.09. The molecule has 5 nitrogen and oxygen atoms in total. The Kier molecular flexibility index (Phi) is 8.38. The molecule has 0 saturated heterocycles. The van der Waals surface area contributed by atoms with E-state index in [0.717, 1.165) is 34.5 Å². The fraction of sp³-hybridized carbons (Fsp3) is 0.231. The first kappa shape index (κ1) is 23.7. The second-order valence-corrected chi connectivity index (χ2v) is 7.53. The molecule has 5 heteroatoms. The molecule has 0 heterocycles. The Bertz CT molecular complexity index is 1010. The standard InChI is InChI=1S/C15H15NO.C11H15NO2/c1-16(2)14-10-8-13(9-11-14)15(17)12-6-4-3-5-7-12;1-4-8-7-9(12(2)3)5-6-10(8)11(13)14/h3-11H,1-2H3;5-7H,4H2,1-3H3,(H,13,14). The molecule has 0 atom stereocenters. The number of nitrogens with zero attached hydrogens (tertiary/aromatic N) is 2. The van der Waals surface area contributed by atoms with Crippen molar-refractivity contribution < 1.29 is 14.7 Å². The molecule has 0 aliphatic carbocycles. The van der Waals surface area contributed by atoms with E-state index in [1.165, 1.54) is 0 Å². The molecule has 3 rings (SSSR count). The Balaban J connectivity index is 0.000000225. The van der Waals surface area contributed by atoms with Gasteiger partial charge in [0.25, 0.3) is 0 Å². The van der Waals surface area contributed by atoms with E-state index >= 15 is 0 Å². The van der Waals surface area contributed by atoms with Gasteiger partial charge in [-0.15, -0.1) is 0 Å². The van der Waals surface area contributed by atoms with Gasteiger partial charge in [0.1, 0.15) is 0 Å². The van der Waals surface area contributed by atoms with Crippen LogP contribution in [0.25, 0.3) is 0 Å². The molecule has 0 aliphatic rings. The van der Waals surface area contributed by atoms with Crippen LogP contribution in [-0.2, 0) is 6.42 Å². The third-order valence-corrected chi connectivity index (χ3v) is 4.90. The topological polar surface area (TPSA) is 60.9 Å². The summed E-state index contributed by atoms with van der Waals surface area (Å²) in [4.78, 5) is 26.9. The fourth-order valence-electron chi connectivity index (χ4n) is 3.03. The van der Waals surface area contributed by atoms with Gasteiger partial charge in [-0.2, -0.15) is 0 Å². The van der Waals surface area contributed by atoms with E-state index in [1.54, 1.807) is 6.07 Å². The summed E-state index contributed by atoms with van der Waals surface area (Å²) in [5.41, 5.74) is 4.86. The number of aromatic carboxylic acids is 1. The Morgan fingerprint density at radius 2 is 1.26 bits per heavy atom. The molecule has 0 fully saturated rings. The Morgan fingerprint density at radius 3 is 1.74 bits per heavy atom. The van der Waals surface area contributed by atoms with Gasteiger partial charge in [-0.3, -0.25) is 4.79 Å². The van der Waals surface area contributed by atoms with Crippen LogP contribution in [0, 0.1) is 0 Å². The Hall–Kier alpha value is -3.60. The second-order valence-electron chi connectivity index (χ2n) is 7.53. The number of carbonyl (C=O) groups excluding carboxylic acids is 1. The maximum absolute atomic E-state index is 12.1. The molecule has 0 aliphatic heterocycles. The highest BCUT2D eigenvalue weighted by Crippen LogP contribution is 2.18. The lowest BCUT2D eigenvalue weighted by Gasteiger charge is -2.14. The van der Waals surface area contributed by atoms with Gasteiger partial charge in [-0.25, -0.2) is 4.79 Å². The van der Waals surface area contributed by atoms with Crippen LogP contribution in [0.5, 0.6) is 0 Å². The predicted octanol–water partition coefficient (Wildman–Crippen LogP) is 5.00. The average molecular weight is 419 g/mol. The van der Waals surface area contributed by atoms with Crippen molar-refractivity contribution in [2.45, 2.75) is 13.3 Å². The van der Waals surface area contributed by atoms with E-state index in [1.807, 2.05) is 112 Å². The zero-order valence-electron chi connectivity index (χ0n) is 18.8. The van der Waals surface area contributed by atoms with Crippen molar-refractivity contribution in [1.82, 2.24) is 0 Å². The normalized spacial score (nSPS) is 9.97. The average Bonchev–Trinajstić information content (AvgIpc) is 2.79. The van der Waals surface area contributed by atoms with Crippen LogP contribution in [0.1, 0.15) is 38.8 Å². The van der Waals surface area contributed by atoms with Crippen LogP contribution >= 0.6 is 0 Å². The fourth-order valence-corrected chi connectivity index (χ4v) is 3.03. The van der Waals surface area contributed by atoms with E-state index in [9.17, 15) is 9.59 Å². The van der Waals surface area contributed by atoms with Crippen molar-refractivity contribution in [3.05, 3.63) is 95.1 Å². The maximum Gasteiger partial charge on any atom is 0.335 e. The number of hydrogen-bond donors (Lipinski definition) is 1. The number of carbonyl (C=O) groups is 2. The van der Waals surface area contributed by atoms with Gasteiger partial charge in [0, 0.05) is 50.7 Å². The molecule has 0 unspecified atom stereocenters. The highest BCUT2D eigenvalue weighted by atomic mass is 16.4. The SMILES string of the molecule is CCc1cc(N(C)C)ccc1C(=O)O.CN(C)c1ccc(C(=O)c2ccccc2)cc1. The summed E-state index contributed by atoms with van der Waals surface area (Å²) in [6, 6.07) is 22.4. The quantitative estimate of drug-likeness (QED) is 0.571. The summed E-state index contributed by atoms with van der Waals surface area (Å²) in [5, 5.41) is 8.91. The Morgan fingerprint density at radius 1 is 0.742 bits per heavy atom. The molecule has 3 aromatic rings. The molecule has 162 valence electrons. The van der Waals surface area contributed by atoms with Gasteiger partial charge >= 0.3 is 5.97 Å². The van der Waals surface area contributed by atoms with E-state index in [-0.39, 0.29) is 5.78 Å². The minimum Gasteiger partial charge on any atom is -0.478 e. The molecule has 0 spiro atoms. The largest absolute Gasteiger partial charge is 0.478 e. The van der Waals surface area contributed by atoms with E-state index < -0.39 is 5.97 Å². The summed E-state index contributed by atoms with van der Waals surface area (Å²) < 4.78 is 0. The molecule has 0 saturated carbocycles. The molecule has 0 amide bonds. The summed E-state index contributed by atoms with van der Waals surface area (Å²) in [6.45, 7) is 1.96. The monoisotopic (exact) mass is 418 g/mol. The number of ketones is 1. The van der Waals surface area contributed by atoms with Crippen LogP contribution < -0.4 is 9.80 Å². The van der Waals surface area contributed by atoms with Crippen molar-refractivity contribution in [3.8, 4) is 0 Å². The van der Waals surface area contributed by atoms with Crippen LogP contribution in [0.2, 0.25) is 0 Å². The number of carboxylic acids is 1. The van der Waals surface area contributed by atoms with Crippen molar-refractivity contribution in [2.24, 2.45) is 0 Å². The first-order valence-electron chi connectivity index (χ1n) is 10.1. The molecule has 0 radical (unpaired) electrons. The molecule has 0 bridgehead atoms. The number of rotatable bonds is 6. The van der Waals surface area contributed by atoms with Gasteiger partial charge in [-0.05, 0) is 54.4 Å². The molecule has 1 N–H and O–H groups in total.